The van der Waals surface area contributed by atoms with Gasteiger partial charge in [0.2, 0.25) is 5.78 Å². The minimum Gasteiger partial charge on any atom is -0.355 e. The van der Waals surface area contributed by atoms with Crippen LogP contribution in [0.2, 0.25) is 0 Å². The lowest BCUT2D eigenvalue weighted by Gasteiger charge is -2.06. The summed E-state index contributed by atoms with van der Waals surface area (Å²) in [7, 11) is 0. The molecular weight excluding hydrogens is 428 g/mol. The highest BCUT2D eigenvalue weighted by molar-refractivity contribution is 6.09. The van der Waals surface area contributed by atoms with Crippen LogP contribution in [0.1, 0.15) is 0 Å². The number of hydrogen-bond acceptors (Lipinski definition) is 1. The molecule has 0 bridgehead atoms. The van der Waals surface area contributed by atoms with Gasteiger partial charge in [0.15, 0.2) is 0 Å². The van der Waals surface area contributed by atoms with Gasteiger partial charge in [-0.05, 0) is 54.1 Å². The van der Waals surface area contributed by atoms with Gasteiger partial charge in [-0.2, -0.15) is 0 Å². The summed E-state index contributed by atoms with van der Waals surface area (Å²) in [5.41, 5.74) is 10.2. The Labute approximate surface area is 200 Å². The molecule has 5 aromatic carbocycles. The molecule has 0 aliphatic carbocycles. The third kappa shape index (κ3) is 2.53. The second kappa shape index (κ2) is 6.84. The highest BCUT2D eigenvalue weighted by atomic mass is 15.2. The largest absolute Gasteiger partial charge is 0.355 e. The van der Waals surface area contributed by atoms with E-state index in [2.05, 4.69) is 123 Å². The van der Waals surface area contributed by atoms with Crippen molar-refractivity contribution < 1.29 is 0 Å². The van der Waals surface area contributed by atoms with E-state index in [1.807, 2.05) is 6.07 Å². The molecule has 8 aromatic rings. The monoisotopic (exact) mass is 448 g/mol. The van der Waals surface area contributed by atoms with Gasteiger partial charge in [0.05, 0.1) is 22.1 Å². The van der Waals surface area contributed by atoms with Gasteiger partial charge in [-0.25, -0.2) is 4.98 Å². The lowest BCUT2D eigenvalue weighted by atomic mass is 10.0. The molecule has 0 radical (unpaired) electrons. The minimum absolute atomic E-state index is 0.924. The molecule has 0 aliphatic rings. The van der Waals surface area contributed by atoms with Gasteiger partial charge in [-0.3, -0.25) is 8.97 Å². The van der Waals surface area contributed by atoms with E-state index in [4.69, 9.17) is 4.98 Å². The first-order valence-corrected chi connectivity index (χ1v) is 11.8. The molecule has 4 nitrogen and oxygen atoms in total. The van der Waals surface area contributed by atoms with Crippen molar-refractivity contribution in [3.05, 3.63) is 115 Å². The molecule has 0 unspecified atom stereocenters. The van der Waals surface area contributed by atoms with E-state index in [1.54, 1.807) is 0 Å². The number of rotatable bonds is 2. The van der Waals surface area contributed by atoms with Crippen LogP contribution in [0.15, 0.2) is 115 Å². The molecule has 0 fully saturated rings. The van der Waals surface area contributed by atoms with Crippen molar-refractivity contribution in [3.63, 3.8) is 0 Å². The van der Waals surface area contributed by atoms with Crippen LogP contribution in [-0.2, 0) is 0 Å². The summed E-state index contributed by atoms with van der Waals surface area (Å²) in [5, 5.41) is 2.48. The van der Waals surface area contributed by atoms with Crippen LogP contribution in [0.25, 0.3) is 66.5 Å². The number of nitrogens with zero attached hydrogens (tertiary/aromatic N) is 3. The third-order valence-electron chi connectivity index (χ3n) is 7.05. The molecule has 0 saturated heterocycles. The average molecular weight is 449 g/mol. The Balaban J connectivity index is 1.49. The van der Waals surface area contributed by atoms with Crippen LogP contribution in [0.5, 0.6) is 0 Å². The number of aromatic amines is 1. The van der Waals surface area contributed by atoms with Crippen molar-refractivity contribution >= 4 is 49.7 Å². The van der Waals surface area contributed by atoms with Crippen molar-refractivity contribution in [3.8, 4) is 16.8 Å². The number of fused-ring (bicyclic) bond motifs is 8. The number of benzene rings is 5. The van der Waals surface area contributed by atoms with Crippen molar-refractivity contribution in [2.75, 3.05) is 0 Å². The zero-order valence-electron chi connectivity index (χ0n) is 18.8. The average Bonchev–Trinajstić information content (AvgIpc) is 3.57. The Morgan fingerprint density at radius 2 is 1.37 bits per heavy atom. The SMILES string of the molecule is c1ccc(-n2c3ccccc3n3c4c(-c5ccc6[nH]c7ccccc7c6c5)cccc4nc23)cc1. The summed E-state index contributed by atoms with van der Waals surface area (Å²) in [5.74, 6) is 0.924. The van der Waals surface area contributed by atoms with E-state index < -0.39 is 0 Å². The molecule has 0 atom stereocenters. The predicted octanol–water partition coefficient (Wildman–Crippen LogP) is 7.73. The molecule has 0 spiro atoms. The lowest BCUT2D eigenvalue weighted by Crippen LogP contribution is -1.94. The standard InChI is InChI=1S/C31H20N4/c1-2-9-21(10-3-1)34-28-15-6-7-16-29(28)35-30-22(12-8-14-27(30)33-31(34)35)20-17-18-26-24(19-20)23-11-4-5-13-25(23)32-26/h1-19,32H. The highest BCUT2D eigenvalue weighted by Gasteiger charge is 2.19. The zero-order chi connectivity index (χ0) is 22.9. The maximum atomic E-state index is 5.14. The minimum atomic E-state index is 0.924. The van der Waals surface area contributed by atoms with E-state index in [1.165, 1.54) is 21.9 Å². The van der Waals surface area contributed by atoms with Crippen LogP contribution >= 0.6 is 0 Å². The number of nitrogens with one attached hydrogen (secondary N) is 1. The molecule has 35 heavy (non-hydrogen) atoms. The predicted molar refractivity (Wildman–Crippen MR) is 144 cm³/mol. The normalized spacial score (nSPS) is 12.0. The van der Waals surface area contributed by atoms with Crippen LogP contribution < -0.4 is 0 Å². The number of imidazole rings is 2. The van der Waals surface area contributed by atoms with Gasteiger partial charge in [-0.15, -0.1) is 0 Å². The fourth-order valence-corrected chi connectivity index (χ4v) is 5.52. The molecule has 3 aromatic heterocycles. The number of H-pyrrole nitrogens is 1. The smallest absolute Gasteiger partial charge is 0.220 e. The van der Waals surface area contributed by atoms with Crippen molar-refractivity contribution in [1.82, 2.24) is 18.9 Å². The Hall–Kier alpha value is -4.83. The Morgan fingerprint density at radius 1 is 0.600 bits per heavy atom. The number of aromatic nitrogens is 4. The van der Waals surface area contributed by atoms with Gasteiger partial charge in [-0.1, -0.05) is 66.7 Å². The lowest BCUT2D eigenvalue weighted by molar-refractivity contribution is 1.11. The number of hydrogen-bond donors (Lipinski definition) is 1. The van der Waals surface area contributed by atoms with Gasteiger partial charge in [0, 0.05) is 33.1 Å². The summed E-state index contributed by atoms with van der Waals surface area (Å²) in [6, 6.07) is 40.6. The molecule has 4 heteroatoms. The Bertz CT molecular complexity index is 2050. The molecule has 0 amide bonds. The van der Waals surface area contributed by atoms with Gasteiger partial charge in [0.1, 0.15) is 0 Å². The van der Waals surface area contributed by atoms with Crippen molar-refractivity contribution in [2.45, 2.75) is 0 Å². The molecule has 1 N–H and O–H groups in total. The second-order valence-electron chi connectivity index (χ2n) is 9.01. The fraction of sp³-hybridized carbons (Fsp3) is 0. The summed E-state index contributed by atoms with van der Waals surface area (Å²) < 4.78 is 4.56. The first-order chi connectivity index (χ1) is 17.4. The molecule has 3 heterocycles. The van der Waals surface area contributed by atoms with Crippen molar-refractivity contribution in [1.29, 1.82) is 0 Å². The maximum absolute atomic E-state index is 5.14. The van der Waals surface area contributed by atoms with E-state index in [0.717, 1.165) is 44.6 Å². The highest BCUT2D eigenvalue weighted by Crippen LogP contribution is 2.36. The summed E-state index contributed by atoms with van der Waals surface area (Å²) in [6.45, 7) is 0. The fourth-order valence-electron chi connectivity index (χ4n) is 5.52. The van der Waals surface area contributed by atoms with Crippen LogP contribution in [0.4, 0.5) is 0 Å². The van der Waals surface area contributed by atoms with E-state index in [-0.39, 0.29) is 0 Å². The van der Waals surface area contributed by atoms with Gasteiger partial charge >= 0.3 is 0 Å². The Morgan fingerprint density at radius 3 is 2.29 bits per heavy atom. The zero-order valence-corrected chi connectivity index (χ0v) is 18.8. The van der Waals surface area contributed by atoms with Crippen LogP contribution in [-0.4, -0.2) is 18.9 Å². The summed E-state index contributed by atoms with van der Waals surface area (Å²) >= 11 is 0. The van der Waals surface area contributed by atoms with Crippen LogP contribution in [0, 0.1) is 0 Å². The van der Waals surface area contributed by atoms with E-state index in [0.29, 0.717) is 0 Å². The quantitative estimate of drug-likeness (QED) is 0.289. The molecule has 0 aliphatic heterocycles. The first-order valence-electron chi connectivity index (χ1n) is 11.8. The first kappa shape index (κ1) is 18.6. The second-order valence-corrected chi connectivity index (χ2v) is 9.01. The maximum Gasteiger partial charge on any atom is 0.220 e. The summed E-state index contributed by atoms with van der Waals surface area (Å²) in [6.07, 6.45) is 0. The molecule has 8 rings (SSSR count). The Kier molecular flexibility index (Phi) is 3.63. The van der Waals surface area contributed by atoms with Crippen molar-refractivity contribution in [2.24, 2.45) is 0 Å². The van der Waals surface area contributed by atoms with E-state index in [9.17, 15) is 0 Å². The van der Waals surface area contributed by atoms with E-state index >= 15 is 0 Å². The molecular formula is C31H20N4. The molecule has 0 saturated carbocycles. The summed E-state index contributed by atoms with van der Waals surface area (Å²) in [4.78, 5) is 8.68. The topological polar surface area (TPSA) is 38.0 Å². The third-order valence-corrected chi connectivity index (χ3v) is 7.05. The number of para-hydroxylation sites is 5. The van der Waals surface area contributed by atoms with Gasteiger partial charge < -0.3 is 4.98 Å². The van der Waals surface area contributed by atoms with Crippen LogP contribution in [0.3, 0.4) is 0 Å². The molecule has 164 valence electrons. The van der Waals surface area contributed by atoms with Gasteiger partial charge in [0.25, 0.3) is 0 Å².